The molecule has 2 aromatic carbocycles. The molecule has 0 unspecified atom stereocenters. The summed E-state index contributed by atoms with van der Waals surface area (Å²) in [6, 6.07) is 14.7. The van der Waals surface area contributed by atoms with Gasteiger partial charge in [-0.15, -0.1) is 5.10 Å². The van der Waals surface area contributed by atoms with Crippen LogP contribution in [0.1, 0.15) is 25.6 Å². The summed E-state index contributed by atoms with van der Waals surface area (Å²) < 4.78 is 16.1. The molecule has 4 rings (SSSR count). The van der Waals surface area contributed by atoms with Gasteiger partial charge in [0.1, 0.15) is 11.6 Å². The molecule has 2 aromatic heterocycles. The number of benzene rings is 2. The van der Waals surface area contributed by atoms with Crippen molar-refractivity contribution in [2.75, 3.05) is 0 Å². The zero-order valence-electron chi connectivity index (χ0n) is 13.4. The van der Waals surface area contributed by atoms with Crippen molar-refractivity contribution in [1.29, 1.82) is 0 Å². The number of hydrogen-bond donors (Lipinski definition) is 0. The molecule has 4 aromatic rings. The van der Waals surface area contributed by atoms with Gasteiger partial charge in [0.2, 0.25) is 0 Å². The molecule has 0 bridgehead atoms. The van der Waals surface area contributed by atoms with Crippen LogP contribution in [0.2, 0.25) is 0 Å². The van der Waals surface area contributed by atoms with Gasteiger partial charge >= 0.3 is 0 Å². The Hall–Kier alpha value is -2.82. The Bertz CT molecular complexity index is 1010. The fourth-order valence-corrected chi connectivity index (χ4v) is 2.87. The Morgan fingerprint density at radius 1 is 1.00 bits per heavy atom. The molecule has 0 aliphatic rings. The summed E-state index contributed by atoms with van der Waals surface area (Å²) in [7, 11) is 0. The van der Waals surface area contributed by atoms with Crippen molar-refractivity contribution in [1.82, 2.24) is 19.6 Å². The van der Waals surface area contributed by atoms with Crippen LogP contribution in [0.4, 0.5) is 4.39 Å². The number of aromatic nitrogens is 4. The number of aryl methyl sites for hydroxylation is 1. The summed E-state index contributed by atoms with van der Waals surface area (Å²) in [5.41, 5.74) is 2.07. The van der Waals surface area contributed by atoms with Crippen molar-refractivity contribution >= 4 is 16.6 Å². The number of rotatable bonds is 4. The lowest BCUT2D eigenvalue weighted by atomic mass is 10.2. The minimum Gasteiger partial charge on any atom is -0.233 e. The zero-order valence-corrected chi connectivity index (χ0v) is 13.4. The molecule has 0 radical (unpaired) electrons. The molecule has 0 aliphatic heterocycles. The van der Waals surface area contributed by atoms with Crippen LogP contribution >= 0.6 is 0 Å². The Kier molecular flexibility index (Phi) is 3.69. The minimum atomic E-state index is -0.320. The van der Waals surface area contributed by atoms with E-state index in [1.54, 1.807) is 10.6 Å². The Labute approximate surface area is 139 Å². The molecule has 0 amide bonds. The van der Waals surface area contributed by atoms with E-state index in [1.807, 2.05) is 36.4 Å². The summed E-state index contributed by atoms with van der Waals surface area (Å²) in [5, 5.41) is 5.03. The molecule has 0 N–H and O–H groups in total. The van der Waals surface area contributed by atoms with Crippen LogP contribution in [-0.2, 0) is 6.42 Å². The monoisotopic (exact) mass is 320 g/mol. The quantitative estimate of drug-likeness (QED) is 0.559. The first kappa shape index (κ1) is 14.8. The van der Waals surface area contributed by atoms with Crippen molar-refractivity contribution in [2.24, 2.45) is 0 Å². The Balaban J connectivity index is 2.02. The largest absolute Gasteiger partial charge is 0.233 e. The van der Waals surface area contributed by atoms with E-state index in [9.17, 15) is 4.39 Å². The number of fused-ring (bicyclic) bond motifs is 3. The molecule has 0 fully saturated rings. The van der Waals surface area contributed by atoms with E-state index in [0.29, 0.717) is 22.4 Å². The van der Waals surface area contributed by atoms with Crippen molar-refractivity contribution in [3.63, 3.8) is 0 Å². The fourth-order valence-electron chi connectivity index (χ4n) is 2.87. The smallest absolute Gasteiger partial charge is 0.182 e. The van der Waals surface area contributed by atoms with Gasteiger partial charge in [-0.1, -0.05) is 49.7 Å². The van der Waals surface area contributed by atoms with E-state index in [1.165, 1.54) is 6.07 Å². The van der Waals surface area contributed by atoms with Gasteiger partial charge in [-0.05, 0) is 18.6 Å². The molecule has 120 valence electrons. The maximum atomic E-state index is 14.4. The van der Waals surface area contributed by atoms with E-state index in [4.69, 9.17) is 0 Å². The van der Waals surface area contributed by atoms with Crippen molar-refractivity contribution < 1.29 is 4.39 Å². The first-order chi connectivity index (χ1) is 11.8. The third kappa shape index (κ3) is 2.42. The molecule has 5 heteroatoms. The summed E-state index contributed by atoms with van der Waals surface area (Å²) >= 11 is 0. The topological polar surface area (TPSA) is 43.1 Å². The Morgan fingerprint density at radius 2 is 1.83 bits per heavy atom. The highest BCUT2D eigenvalue weighted by atomic mass is 19.1. The second-order valence-electron chi connectivity index (χ2n) is 5.80. The maximum Gasteiger partial charge on any atom is 0.182 e. The zero-order chi connectivity index (χ0) is 16.5. The van der Waals surface area contributed by atoms with Gasteiger partial charge in [0, 0.05) is 12.0 Å². The van der Waals surface area contributed by atoms with E-state index < -0.39 is 0 Å². The second kappa shape index (κ2) is 6.00. The van der Waals surface area contributed by atoms with E-state index >= 15 is 0 Å². The number of unbranched alkanes of at least 4 members (excludes halogenated alkanes) is 1. The van der Waals surface area contributed by atoms with Gasteiger partial charge in [-0.25, -0.2) is 14.4 Å². The molecule has 0 saturated heterocycles. The highest BCUT2D eigenvalue weighted by Crippen LogP contribution is 2.25. The molecular weight excluding hydrogens is 303 g/mol. The van der Waals surface area contributed by atoms with Crippen LogP contribution in [0.3, 0.4) is 0 Å². The molecule has 4 nitrogen and oxygen atoms in total. The average molecular weight is 320 g/mol. The van der Waals surface area contributed by atoms with Gasteiger partial charge in [0.05, 0.1) is 10.9 Å². The summed E-state index contributed by atoms with van der Waals surface area (Å²) in [4.78, 5) is 9.24. The standard InChI is InChI=1S/C19H17FN4/c1-2-3-12-16-21-15-11-7-10-14(20)17(15)19-22-18(23-24(16)19)13-8-5-4-6-9-13/h4-11H,2-3,12H2,1H3. The summed E-state index contributed by atoms with van der Waals surface area (Å²) in [6.45, 7) is 2.13. The third-order valence-corrected chi connectivity index (χ3v) is 4.10. The van der Waals surface area contributed by atoms with E-state index in [0.717, 1.165) is 30.7 Å². The summed E-state index contributed by atoms with van der Waals surface area (Å²) in [6.07, 6.45) is 2.85. The number of halogens is 1. The molecule has 2 heterocycles. The first-order valence-electron chi connectivity index (χ1n) is 8.17. The van der Waals surface area contributed by atoms with Crippen molar-refractivity contribution in [2.45, 2.75) is 26.2 Å². The molecule has 0 atom stereocenters. The van der Waals surface area contributed by atoms with Crippen LogP contribution in [0.25, 0.3) is 27.9 Å². The van der Waals surface area contributed by atoms with Crippen molar-refractivity contribution in [3.05, 3.63) is 60.2 Å². The van der Waals surface area contributed by atoms with Crippen LogP contribution in [0.15, 0.2) is 48.5 Å². The first-order valence-corrected chi connectivity index (χ1v) is 8.17. The van der Waals surface area contributed by atoms with Crippen molar-refractivity contribution in [3.8, 4) is 11.4 Å². The predicted octanol–water partition coefficient (Wildman–Crippen LogP) is 4.43. The maximum absolute atomic E-state index is 14.4. The molecule has 0 spiro atoms. The third-order valence-electron chi connectivity index (χ3n) is 4.10. The Morgan fingerprint density at radius 3 is 2.62 bits per heavy atom. The molecule has 24 heavy (non-hydrogen) atoms. The van der Waals surface area contributed by atoms with Crippen LogP contribution in [-0.4, -0.2) is 19.6 Å². The lowest BCUT2D eigenvalue weighted by Gasteiger charge is -2.06. The lowest BCUT2D eigenvalue weighted by molar-refractivity contribution is 0.638. The number of nitrogens with zero attached hydrogens (tertiary/aromatic N) is 4. The van der Waals surface area contributed by atoms with Crippen LogP contribution in [0, 0.1) is 5.82 Å². The normalized spacial score (nSPS) is 11.4. The second-order valence-corrected chi connectivity index (χ2v) is 5.80. The average Bonchev–Trinajstić information content (AvgIpc) is 3.06. The lowest BCUT2D eigenvalue weighted by Crippen LogP contribution is -2.04. The van der Waals surface area contributed by atoms with Gasteiger partial charge < -0.3 is 0 Å². The van der Waals surface area contributed by atoms with Gasteiger partial charge in [-0.3, -0.25) is 0 Å². The highest BCUT2D eigenvalue weighted by Gasteiger charge is 2.16. The van der Waals surface area contributed by atoms with E-state index in [-0.39, 0.29) is 5.82 Å². The SMILES string of the molecule is CCCCc1nc2cccc(F)c2c2nc(-c3ccccc3)nn12. The van der Waals surface area contributed by atoms with Gasteiger partial charge in [-0.2, -0.15) is 4.52 Å². The molecule has 0 saturated carbocycles. The summed E-state index contributed by atoms with van der Waals surface area (Å²) in [5.74, 6) is 1.09. The fraction of sp³-hybridized carbons (Fsp3) is 0.211. The predicted molar refractivity (Wildman–Crippen MR) is 92.3 cm³/mol. The van der Waals surface area contributed by atoms with Gasteiger partial charge in [0.25, 0.3) is 0 Å². The highest BCUT2D eigenvalue weighted by molar-refractivity contribution is 5.92. The van der Waals surface area contributed by atoms with Gasteiger partial charge in [0.15, 0.2) is 11.5 Å². The van der Waals surface area contributed by atoms with Crippen LogP contribution < -0.4 is 0 Å². The molecule has 0 aliphatic carbocycles. The minimum absolute atomic E-state index is 0.320. The molecular formula is C19H17FN4. The number of hydrogen-bond acceptors (Lipinski definition) is 3. The van der Waals surface area contributed by atoms with E-state index in [2.05, 4.69) is 22.0 Å². The van der Waals surface area contributed by atoms with Crippen LogP contribution in [0.5, 0.6) is 0 Å².